The molecule has 2 rings (SSSR count). The van der Waals surface area contributed by atoms with Gasteiger partial charge < -0.3 is 14.5 Å². The molecule has 1 aliphatic rings. The highest BCUT2D eigenvalue weighted by atomic mass is 16.5. The summed E-state index contributed by atoms with van der Waals surface area (Å²) in [6.45, 7) is 0.940. The first kappa shape index (κ1) is 10.7. The van der Waals surface area contributed by atoms with Gasteiger partial charge in [0.15, 0.2) is 0 Å². The first-order chi connectivity index (χ1) is 7.40. The van der Waals surface area contributed by atoms with Crippen molar-refractivity contribution in [3.8, 4) is 0 Å². The second-order valence-electron chi connectivity index (χ2n) is 4.07. The van der Waals surface area contributed by atoms with Crippen molar-refractivity contribution in [2.75, 3.05) is 13.7 Å². The highest BCUT2D eigenvalue weighted by Crippen LogP contribution is 2.23. The van der Waals surface area contributed by atoms with E-state index in [1.165, 1.54) is 12.8 Å². The van der Waals surface area contributed by atoms with E-state index in [1.54, 1.807) is 6.26 Å². The third kappa shape index (κ3) is 2.83. The van der Waals surface area contributed by atoms with E-state index in [4.69, 9.17) is 9.15 Å². The van der Waals surface area contributed by atoms with Crippen molar-refractivity contribution in [2.24, 2.45) is 0 Å². The highest BCUT2D eigenvalue weighted by molar-refractivity contribution is 5.04. The average molecular weight is 209 g/mol. The summed E-state index contributed by atoms with van der Waals surface area (Å²) in [4.78, 5) is 0. The van der Waals surface area contributed by atoms with E-state index in [0.717, 1.165) is 25.2 Å². The molecule has 0 radical (unpaired) electrons. The lowest BCUT2D eigenvalue weighted by Crippen LogP contribution is -2.18. The minimum atomic E-state index is 0.323. The minimum Gasteiger partial charge on any atom is -0.468 e. The molecule has 2 atom stereocenters. The van der Waals surface area contributed by atoms with E-state index >= 15 is 0 Å². The van der Waals surface area contributed by atoms with Gasteiger partial charge in [-0.3, -0.25) is 0 Å². The van der Waals surface area contributed by atoms with E-state index in [1.807, 2.05) is 19.2 Å². The summed E-state index contributed by atoms with van der Waals surface area (Å²) in [5, 5.41) is 3.28. The lowest BCUT2D eigenvalue weighted by Gasteiger charge is -2.16. The Kier molecular flexibility index (Phi) is 3.80. The third-order valence-corrected chi connectivity index (χ3v) is 3.04. The van der Waals surface area contributed by atoms with Crippen LogP contribution in [0, 0.1) is 0 Å². The van der Waals surface area contributed by atoms with Crippen LogP contribution in [-0.4, -0.2) is 19.8 Å². The fraction of sp³-hybridized carbons (Fsp3) is 0.667. The predicted molar refractivity (Wildman–Crippen MR) is 58.7 cm³/mol. The normalized spacial score (nSPS) is 23.1. The Bertz CT molecular complexity index is 265. The summed E-state index contributed by atoms with van der Waals surface area (Å²) in [7, 11) is 1.97. The molecule has 0 amide bonds. The molecule has 84 valence electrons. The molecule has 1 N–H and O–H groups in total. The molecule has 3 nitrogen and oxygen atoms in total. The number of ether oxygens (including phenoxy) is 1. The number of furan rings is 1. The van der Waals surface area contributed by atoms with E-state index in [0.29, 0.717) is 12.1 Å². The van der Waals surface area contributed by atoms with Gasteiger partial charge in [0.05, 0.1) is 18.4 Å². The van der Waals surface area contributed by atoms with Crippen LogP contribution in [0.4, 0.5) is 0 Å². The summed E-state index contributed by atoms with van der Waals surface area (Å²) in [6, 6.07) is 4.28. The maximum Gasteiger partial charge on any atom is 0.120 e. The average Bonchev–Trinajstić information content (AvgIpc) is 2.90. The number of hydrogen-bond donors (Lipinski definition) is 1. The summed E-state index contributed by atoms with van der Waals surface area (Å²) >= 11 is 0. The first-order valence-corrected chi connectivity index (χ1v) is 5.72. The SMILES string of the molecule is CNC(CCC1CCCO1)c1ccco1. The van der Waals surface area contributed by atoms with Gasteiger partial charge in [-0.05, 0) is 44.9 Å². The molecule has 1 aromatic rings. The topological polar surface area (TPSA) is 34.4 Å². The number of nitrogens with one attached hydrogen (secondary N) is 1. The molecule has 0 aromatic carbocycles. The fourth-order valence-corrected chi connectivity index (χ4v) is 2.14. The molecular formula is C12H19NO2. The van der Waals surface area contributed by atoms with Crippen LogP contribution in [0.3, 0.4) is 0 Å². The van der Waals surface area contributed by atoms with Gasteiger partial charge in [-0.25, -0.2) is 0 Å². The molecule has 1 fully saturated rings. The van der Waals surface area contributed by atoms with Crippen molar-refractivity contribution < 1.29 is 9.15 Å². The molecule has 2 heterocycles. The summed E-state index contributed by atoms with van der Waals surface area (Å²) < 4.78 is 11.0. The zero-order chi connectivity index (χ0) is 10.5. The van der Waals surface area contributed by atoms with Crippen LogP contribution in [-0.2, 0) is 4.74 Å². The smallest absolute Gasteiger partial charge is 0.120 e. The summed E-state index contributed by atoms with van der Waals surface area (Å²) in [5.74, 6) is 1.02. The molecule has 0 aliphatic carbocycles. The summed E-state index contributed by atoms with van der Waals surface area (Å²) in [6.07, 6.45) is 6.83. The Morgan fingerprint density at radius 3 is 3.13 bits per heavy atom. The third-order valence-electron chi connectivity index (χ3n) is 3.04. The van der Waals surface area contributed by atoms with Gasteiger partial charge >= 0.3 is 0 Å². The van der Waals surface area contributed by atoms with E-state index in [-0.39, 0.29) is 0 Å². The van der Waals surface area contributed by atoms with Gasteiger partial charge in [-0.15, -0.1) is 0 Å². The van der Waals surface area contributed by atoms with Crippen LogP contribution in [0.25, 0.3) is 0 Å². The maximum atomic E-state index is 5.61. The Morgan fingerprint density at radius 2 is 2.53 bits per heavy atom. The lowest BCUT2D eigenvalue weighted by molar-refractivity contribution is 0.0991. The zero-order valence-electron chi connectivity index (χ0n) is 9.24. The van der Waals surface area contributed by atoms with Crippen LogP contribution < -0.4 is 5.32 Å². The Morgan fingerprint density at radius 1 is 1.60 bits per heavy atom. The quantitative estimate of drug-likeness (QED) is 0.809. The first-order valence-electron chi connectivity index (χ1n) is 5.72. The monoisotopic (exact) mass is 209 g/mol. The molecule has 0 spiro atoms. The number of rotatable bonds is 5. The standard InChI is InChI=1S/C12H19NO2/c1-13-11(12-5-3-9-15-12)7-6-10-4-2-8-14-10/h3,5,9-11,13H,2,4,6-8H2,1H3. The Hall–Kier alpha value is -0.800. The molecule has 0 saturated carbocycles. The molecule has 1 aromatic heterocycles. The zero-order valence-corrected chi connectivity index (χ0v) is 9.24. The van der Waals surface area contributed by atoms with Gasteiger partial charge in [-0.2, -0.15) is 0 Å². The molecule has 2 unspecified atom stereocenters. The van der Waals surface area contributed by atoms with Crippen molar-refractivity contribution in [3.63, 3.8) is 0 Å². The lowest BCUT2D eigenvalue weighted by atomic mass is 10.0. The molecule has 1 aliphatic heterocycles. The van der Waals surface area contributed by atoms with Crippen molar-refractivity contribution in [1.29, 1.82) is 0 Å². The van der Waals surface area contributed by atoms with Crippen molar-refractivity contribution in [1.82, 2.24) is 5.32 Å². The van der Waals surface area contributed by atoms with Gasteiger partial charge in [0, 0.05) is 6.61 Å². The largest absolute Gasteiger partial charge is 0.468 e. The predicted octanol–water partition coefficient (Wildman–Crippen LogP) is 2.50. The van der Waals surface area contributed by atoms with E-state index in [2.05, 4.69) is 5.32 Å². The second-order valence-corrected chi connectivity index (χ2v) is 4.07. The Labute approximate surface area is 90.8 Å². The second kappa shape index (κ2) is 5.33. The number of hydrogen-bond acceptors (Lipinski definition) is 3. The molecular weight excluding hydrogens is 190 g/mol. The molecule has 3 heteroatoms. The maximum absolute atomic E-state index is 5.61. The van der Waals surface area contributed by atoms with Gasteiger partial charge in [0.25, 0.3) is 0 Å². The van der Waals surface area contributed by atoms with Crippen molar-refractivity contribution >= 4 is 0 Å². The molecule has 15 heavy (non-hydrogen) atoms. The van der Waals surface area contributed by atoms with Gasteiger partial charge in [0.1, 0.15) is 5.76 Å². The fourth-order valence-electron chi connectivity index (χ4n) is 2.14. The summed E-state index contributed by atoms with van der Waals surface area (Å²) in [5.41, 5.74) is 0. The van der Waals surface area contributed by atoms with E-state index < -0.39 is 0 Å². The molecule has 1 saturated heterocycles. The minimum absolute atomic E-state index is 0.323. The van der Waals surface area contributed by atoms with E-state index in [9.17, 15) is 0 Å². The molecule has 0 bridgehead atoms. The highest BCUT2D eigenvalue weighted by Gasteiger charge is 2.19. The van der Waals surface area contributed by atoms with Crippen LogP contribution >= 0.6 is 0 Å². The van der Waals surface area contributed by atoms with Gasteiger partial charge in [-0.1, -0.05) is 0 Å². The van der Waals surface area contributed by atoms with Crippen LogP contribution in [0.15, 0.2) is 22.8 Å². The van der Waals surface area contributed by atoms with Crippen molar-refractivity contribution in [2.45, 2.75) is 37.8 Å². The van der Waals surface area contributed by atoms with Crippen LogP contribution in [0.5, 0.6) is 0 Å². The van der Waals surface area contributed by atoms with Crippen molar-refractivity contribution in [3.05, 3.63) is 24.2 Å². The Balaban J connectivity index is 1.80. The van der Waals surface area contributed by atoms with Crippen LogP contribution in [0.2, 0.25) is 0 Å². The van der Waals surface area contributed by atoms with Crippen LogP contribution in [0.1, 0.15) is 37.5 Å². The van der Waals surface area contributed by atoms with Gasteiger partial charge in [0.2, 0.25) is 0 Å².